The third kappa shape index (κ3) is 4.36. The van der Waals surface area contributed by atoms with Crippen LogP contribution in [0.4, 0.5) is 0 Å². The van der Waals surface area contributed by atoms with E-state index in [4.69, 9.17) is 4.74 Å². The van der Waals surface area contributed by atoms with Crippen LogP contribution in [0.1, 0.15) is 33.1 Å². The van der Waals surface area contributed by atoms with E-state index in [1.165, 1.54) is 0 Å². The summed E-state index contributed by atoms with van der Waals surface area (Å²) in [4.78, 5) is 14.6. The molecule has 0 saturated carbocycles. The van der Waals surface area contributed by atoms with Gasteiger partial charge in [0.05, 0.1) is 13.2 Å². The maximum absolute atomic E-state index is 12.5. The average Bonchev–Trinajstić information content (AvgIpc) is 2.54. The molecule has 24 heavy (non-hydrogen) atoms. The number of carbonyl (C=O) groups excluding carboxylic acids is 1. The van der Waals surface area contributed by atoms with E-state index in [-0.39, 0.29) is 11.9 Å². The molecule has 128 valence electrons. The fraction of sp³-hybridized carbons (Fsp3) is 0.350. The molecule has 2 aromatic rings. The molecule has 0 saturated heterocycles. The molecule has 1 amide bonds. The molecule has 2 aromatic carbocycles. The van der Waals surface area contributed by atoms with Gasteiger partial charge < -0.3 is 15.0 Å². The van der Waals surface area contributed by atoms with Crippen LogP contribution < -0.4 is 10.1 Å². The molecule has 0 heterocycles. The van der Waals surface area contributed by atoms with Crippen LogP contribution in [0.25, 0.3) is 0 Å². The van der Waals surface area contributed by atoms with E-state index in [1.54, 1.807) is 7.11 Å². The van der Waals surface area contributed by atoms with Crippen molar-refractivity contribution in [1.29, 1.82) is 0 Å². The lowest BCUT2D eigenvalue weighted by molar-refractivity contribution is 0.0941. The summed E-state index contributed by atoms with van der Waals surface area (Å²) in [6, 6.07) is 13.8. The Balaban J connectivity index is 2.15. The van der Waals surface area contributed by atoms with Gasteiger partial charge in [-0.15, -0.1) is 0 Å². The van der Waals surface area contributed by atoms with Crippen LogP contribution in [-0.4, -0.2) is 38.6 Å². The normalized spacial score (nSPS) is 12.1. The summed E-state index contributed by atoms with van der Waals surface area (Å²) in [7, 11) is 5.67. The Kier molecular flexibility index (Phi) is 5.99. The summed E-state index contributed by atoms with van der Waals surface area (Å²) in [6.07, 6.45) is 0. The number of benzene rings is 2. The smallest absolute Gasteiger partial charge is 0.251 e. The highest BCUT2D eigenvalue weighted by molar-refractivity contribution is 5.94. The molecular formula is C20H26N2O2. The van der Waals surface area contributed by atoms with Gasteiger partial charge in [-0.25, -0.2) is 0 Å². The summed E-state index contributed by atoms with van der Waals surface area (Å²) in [5.41, 5.74) is 3.94. The molecule has 4 nitrogen and oxygen atoms in total. The van der Waals surface area contributed by atoms with Crippen LogP contribution >= 0.6 is 0 Å². The quantitative estimate of drug-likeness (QED) is 0.885. The first-order valence-electron chi connectivity index (χ1n) is 8.08. The van der Waals surface area contributed by atoms with Crippen LogP contribution in [0.3, 0.4) is 0 Å². The van der Waals surface area contributed by atoms with Gasteiger partial charge in [0.2, 0.25) is 0 Å². The van der Waals surface area contributed by atoms with Gasteiger partial charge in [-0.2, -0.15) is 0 Å². The molecule has 0 spiro atoms. The van der Waals surface area contributed by atoms with E-state index in [0.717, 1.165) is 22.4 Å². The Morgan fingerprint density at radius 3 is 2.33 bits per heavy atom. The van der Waals surface area contributed by atoms with Crippen LogP contribution in [0.2, 0.25) is 0 Å². The summed E-state index contributed by atoms with van der Waals surface area (Å²) in [6.45, 7) is 4.52. The Morgan fingerprint density at radius 2 is 1.75 bits per heavy atom. The maximum atomic E-state index is 12.5. The van der Waals surface area contributed by atoms with Gasteiger partial charge in [-0.3, -0.25) is 4.79 Å². The van der Waals surface area contributed by atoms with Crippen molar-refractivity contribution in [2.75, 3.05) is 27.7 Å². The maximum Gasteiger partial charge on any atom is 0.251 e. The highest BCUT2D eigenvalue weighted by atomic mass is 16.5. The number of methoxy groups -OCH3 is 1. The highest BCUT2D eigenvalue weighted by Gasteiger charge is 2.19. The number of carbonyl (C=O) groups is 1. The molecule has 0 aliphatic rings. The zero-order chi connectivity index (χ0) is 17.7. The number of nitrogens with one attached hydrogen (secondary N) is 1. The monoisotopic (exact) mass is 326 g/mol. The van der Waals surface area contributed by atoms with Gasteiger partial charge in [0.15, 0.2) is 0 Å². The van der Waals surface area contributed by atoms with Crippen molar-refractivity contribution in [2.45, 2.75) is 19.9 Å². The number of nitrogens with zero attached hydrogens (tertiary/aromatic N) is 1. The van der Waals surface area contributed by atoms with Crippen molar-refractivity contribution in [3.63, 3.8) is 0 Å². The SMILES string of the molecule is COc1ccccc1C(CNC(=O)c1cc(C)cc(C)c1)N(C)C. The Hall–Kier alpha value is -2.33. The molecule has 0 fully saturated rings. The number of amides is 1. The van der Waals surface area contributed by atoms with Gasteiger partial charge in [0.1, 0.15) is 5.75 Å². The number of ether oxygens (including phenoxy) is 1. The van der Waals surface area contributed by atoms with E-state index >= 15 is 0 Å². The molecule has 1 N–H and O–H groups in total. The lowest BCUT2D eigenvalue weighted by Crippen LogP contribution is -2.34. The van der Waals surface area contributed by atoms with Crippen LogP contribution in [-0.2, 0) is 0 Å². The predicted molar refractivity (Wildman–Crippen MR) is 97.7 cm³/mol. The lowest BCUT2D eigenvalue weighted by atomic mass is 10.0. The van der Waals surface area contributed by atoms with Gasteiger partial charge in [0, 0.05) is 17.7 Å². The molecule has 1 atom stereocenters. The first-order valence-corrected chi connectivity index (χ1v) is 8.08. The number of aryl methyl sites for hydroxylation is 2. The molecular weight excluding hydrogens is 300 g/mol. The predicted octanol–water partition coefficient (Wildman–Crippen LogP) is 3.34. The van der Waals surface area contributed by atoms with E-state index < -0.39 is 0 Å². The van der Waals surface area contributed by atoms with Crippen molar-refractivity contribution < 1.29 is 9.53 Å². The first kappa shape index (κ1) is 18.0. The molecule has 4 heteroatoms. The number of para-hydroxylation sites is 1. The van der Waals surface area contributed by atoms with Crippen molar-refractivity contribution in [2.24, 2.45) is 0 Å². The van der Waals surface area contributed by atoms with Crippen LogP contribution in [0, 0.1) is 13.8 Å². The Morgan fingerprint density at radius 1 is 1.12 bits per heavy atom. The third-order valence-electron chi connectivity index (χ3n) is 4.06. The largest absolute Gasteiger partial charge is 0.496 e. The number of hydrogen-bond donors (Lipinski definition) is 1. The molecule has 0 aliphatic heterocycles. The second-order valence-corrected chi connectivity index (χ2v) is 6.31. The van der Waals surface area contributed by atoms with Gasteiger partial charge >= 0.3 is 0 Å². The molecule has 0 aromatic heterocycles. The standard InChI is InChI=1S/C20H26N2O2/c1-14-10-15(2)12-16(11-14)20(23)21-13-18(22(3)4)17-8-6-7-9-19(17)24-5/h6-12,18H,13H2,1-5H3,(H,21,23). The first-order chi connectivity index (χ1) is 11.4. The molecule has 2 rings (SSSR count). The zero-order valence-electron chi connectivity index (χ0n) is 15.1. The van der Waals surface area contributed by atoms with Crippen molar-refractivity contribution in [3.05, 3.63) is 64.7 Å². The summed E-state index contributed by atoms with van der Waals surface area (Å²) < 4.78 is 5.46. The molecule has 1 unspecified atom stereocenters. The van der Waals surface area contributed by atoms with Crippen LogP contribution in [0.15, 0.2) is 42.5 Å². The molecule has 0 bridgehead atoms. The summed E-state index contributed by atoms with van der Waals surface area (Å²) in [5.74, 6) is 0.778. The fourth-order valence-electron chi connectivity index (χ4n) is 2.91. The van der Waals surface area contributed by atoms with Crippen LogP contribution in [0.5, 0.6) is 5.75 Å². The molecule has 0 radical (unpaired) electrons. The van der Waals surface area contributed by atoms with E-state index in [9.17, 15) is 4.79 Å². The Labute approximate surface area is 144 Å². The minimum absolute atomic E-state index is 0.0380. The average molecular weight is 326 g/mol. The number of likely N-dealkylation sites (N-methyl/N-ethyl adjacent to an activating group) is 1. The third-order valence-corrected chi connectivity index (χ3v) is 4.06. The summed E-state index contributed by atoms with van der Waals surface area (Å²) in [5, 5.41) is 3.05. The van der Waals surface area contributed by atoms with E-state index in [1.807, 2.05) is 64.3 Å². The van der Waals surface area contributed by atoms with E-state index in [2.05, 4.69) is 16.3 Å². The second-order valence-electron chi connectivity index (χ2n) is 6.31. The number of hydrogen-bond acceptors (Lipinski definition) is 3. The van der Waals surface area contributed by atoms with Gasteiger partial charge in [-0.1, -0.05) is 35.4 Å². The second kappa shape index (κ2) is 7.97. The summed E-state index contributed by atoms with van der Waals surface area (Å²) >= 11 is 0. The van der Waals surface area contributed by atoms with Crippen molar-refractivity contribution in [1.82, 2.24) is 10.2 Å². The lowest BCUT2D eigenvalue weighted by Gasteiger charge is -2.26. The van der Waals surface area contributed by atoms with Crippen molar-refractivity contribution in [3.8, 4) is 5.75 Å². The topological polar surface area (TPSA) is 41.6 Å². The highest BCUT2D eigenvalue weighted by Crippen LogP contribution is 2.27. The molecule has 0 aliphatic carbocycles. The Bertz CT molecular complexity index is 690. The fourth-order valence-corrected chi connectivity index (χ4v) is 2.91. The van der Waals surface area contributed by atoms with E-state index in [0.29, 0.717) is 12.1 Å². The minimum atomic E-state index is -0.0523. The van der Waals surface area contributed by atoms with Gasteiger partial charge in [-0.05, 0) is 46.1 Å². The minimum Gasteiger partial charge on any atom is -0.496 e. The van der Waals surface area contributed by atoms with Crippen molar-refractivity contribution >= 4 is 5.91 Å². The number of rotatable bonds is 6. The zero-order valence-corrected chi connectivity index (χ0v) is 15.1. The van der Waals surface area contributed by atoms with Gasteiger partial charge in [0.25, 0.3) is 5.91 Å².